The normalized spacial score (nSPS) is 17.9. The zero-order chi connectivity index (χ0) is 17.6. The lowest BCUT2D eigenvalue weighted by atomic mass is 10.1. The third-order valence-electron chi connectivity index (χ3n) is 3.82. The minimum Gasteiger partial charge on any atom is -0.449 e. The Hall–Kier alpha value is -2.71. The number of carbonyl (C=O) groups is 2. The van der Waals surface area contributed by atoms with E-state index in [0.29, 0.717) is 13.2 Å². The molecule has 1 fully saturated rings. The molecule has 25 heavy (non-hydrogen) atoms. The molecule has 0 radical (unpaired) electrons. The smallest absolute Gasteiger partial charge is 0.357 e. The number of nitrogens with one attached hydrogen (secondary N) is 1. The minimum absolute atomic E-state index is 0.103. The van der Waals surface area contributed by atoms with Crippen molar-refractivity contribution in [1.29, 1.82) is 0 Å². The summed E-state index contributed by atoms with van der Waals surface area (Å²) in [5, 5.41) is 2.83. The third kappa shape index (κ3) is 4.23. The van der Waals surface area contributed by atoms with Gasteiger partial charge in [0.15, 0.2) is 6.61 Å². The molecular formula is C17H19N3O5. The second kappa shape index (κ2) is 7.91. The maximum absolute atomic E-state index is 12.3. The lowest BCUT2D eigenvalue weighted by molar-refractivity contribution is -0.176. The average Bonchev–Trinajstić information content (AvgIpc) is 3.31. The van der Waals surface area contributed by atoms with Crippen molar-refractivity contribution in [2.24, 2.45) is 0 Å². The molecule has 1 aromatic carbocycles. The van der Waals surface area contributed by atoms with E-state index in [1.807, 2.05) is 37.3 Å². The summed E-state index contributed by atoms with van der Waals surface area (Å²) in [4.78, 5) is 28.0. The Kier molecular flexibility index (Phi) is 5.42. The van der Waals surface area contributed by atoms with Crippen LogP contribution in [0.3, 0.4) is 0 Å². The largest absolute Gasteiger partial charge is 0.449 e. The number of imidazole rings is 1. The van der Waals surface area contributed by atoms with E-state index in [4.69, 9.17) is 14.2 Å². The van der Waals surface area contributed by atoms with E-state index in [2.05, 4.69) is 10.3 Å². The highest BCUT2D eigenvalue weighted by Gasteiger charge is 2.22. The van der Waals surface area contributed by atoms with E-state index in [0.717, 1.165) is 5.56 Å². The molecule has 1 aliphatic heterocycles. The molecule has 0 amide bonds. The number of esters is 2. The van der Waals surface area contributed by atoms with Gasteiger partial charge < -0.3 is 18.8 Å². The molecule has 0 spiro atoms. The molecule has 2 atom stereocenters. The van der Waals surface area contributed by atoms with Crippen LogP contribution in [0, 0.1) is 0 Å². The van der Waals surface area contributed by atoms with E-state index >= 15 is 0 Å². The van der Waals surface area contributed by atoms with Gasteiger partial charge in [-0.3, -0.25) is 5.32 Å². The van der Waals surface area contributed by atoms with Gasteiger partial charge >= 0.3 is 11.9 Å². The molecule has 132 valence electrons. The van der Waals surface area contributed by atoms with Gasteiger partial charge in [0, 0.05) is 6.54 Å². The number of benzene rings is 1. The zero-order valence-corrected chi connectivity index (χ0v) is 13.8. The number of hydrogen-bond donors (Lipinski definition) is 1. The number of rotatable bonds is 6. The first kappa shape index (κ1) is 17.1. The number of hydrogen-bond acceptors (Lipinski definition) is 7. The van der Waals surface area contributed by atoms with Crippen molar-refractivity contribution in [2.75, 3.05) is 19.8 Å². The molecule has 0 bridgehead atoms. The molecule has 8 heteroatoms. The van der Waals surface area contributed by atoms with Gasteiger partial charge in [0.25, 0.3) is 6.41 Å². The molecule has 0 saturated carbocycles. The molecular weight excluding hydrogens is 326 g/mol. The second-order valence-corrected chi connectivity index (χ2v) is 5.50. The minimum atomic E-state index is -0.783. The topological polar surface area (TPSA) is 91.7 Å². The number of ether oxygens (including phenoxy) is 3. The maximum Gasteiger partial charge on any atom is 0.357 e. The Morgan fingerprint density at radius 3 is 2.92 bits per heavy atom. The summed E-state index contributed by atoms with van der Waals surface area (Å²) in [5.74, 6) is -1.33. The first-order valence-electron chi connectivity index (χ1n) is 7.93. The van der Waals surface area contributed by atoms with Gasteiger partial charge in [-0.1, -0.05) is 30.3 Å². The van der Waals surface area contributed by atoms with Crippen LogP contribution in [0.1, 0.15) is 29.0 Å². The van der Waals surface area contributed by atoms with E-state index < -0.39 is 25.0 Å². The van der Waals surface area contributed by atoms with Crippen LogP contribution in [0.5, 0.6) is 0 Å². The van der Waals surface area contributed by atoms with E-state index in [1.54, 1.807) is 10.9 Å². The summed E-state index contributed by atoms with van der Waals surface area (Å²) in [6, 6.07) is 9.60. The van der Waals surface area contributed by atoms with Gasteiger partial charge in [-0.05, 0) is 12.5 Å². The van der Waals surface area contributed by atoms with Crippen molar-refractivity contribution in [3.05, 3.63) is 54.1 Å². The molecule has 0 aliphatic carbocycles. The van der Waals surface area contributed by atoms with Crippen LogP contribution in [0.2, 0.25) is 0 Å². The molecule has 1 aromatic heterocycles. The summed E-state index contributed by atoms with van der Waals surface area (Å²) >= 11 is 0. The molecule has 1 unspecified atom stereocenters. The Balaban J connectivity index is 1.59. The van der Waals surface area contributed by atoms with Crippen LogP contribution in [0.15, 0.2) is 42.9 Å². The molecule has 2 aromatic rings. The van der Waals surface area contributed by atoms with Crippen molar-refractivity contribution in [3.8, 4) is 0 Å². The monoisotopic (exact) mass is 345 g/mol. The van der Waals surface area contributed by atoms with Crippen LogP contribution in [-0.4, -0.2) is 47.7 Å². The quantitative estimate of drug-likeness (QED) is 0.784. The Morgan fingerprint density at radius 1 is 1.40 bits per heavy atom. The highest BCUT2D eigenvalue weighted by atomic mass is 16.7. The standard InChI is InChI=1S/C17H19N3O5/c1-12(13-5-3-2-4-6-13)20-11-18-9-14(20)16(22)24-10-15(21)25-17-19-7-8-23-17/h2-6,9,11-12,17,19H,7-8,10H2,1H3/t12-,17?/m1/s1. The fraction of sp³-hybridized carbons (Fsp3) is 0.353. The highest BCUT2D eigenvalue weighted by molar-refractivity contribution is 5.89. The van der Waals surface area contributed by atoms with Gasteiger partial charge in [-0.15, -0.1) is 0 Å². The lowest BCUT2D eigenvalue weighted by Gasteiger charge is -2.16. The van der Waals surface area contributed by atoms with Gasteiger partial charge in [-0.2, -0.15) is 0 Å². The summed E-state index contributed by atoms with van der Waals surface area (Å²) < 4.78 is 16.8. The predicted octanol–water partition coefficient (Wildman–Crippen LogP) is 1.10. The van der Waals surface area contributed by atoms with E-state index in [9.17, 15) is 9.59 Å². The number of aromatic nitrogens is 2. The molecule has 1 saturated heterocycles. The van der Waals surface area contributed by atoms with Crippen LogP contribution >= 0.6 is 0 Å². The Morgan fingerprint density at radius 2 is 2.20 bits per heavy atom. The number of carbonyl (C=O) groups excluding carboxylic acids is 2. The van der Waals surface area contributed by atoms with Gasteiger partial charge in [0.05, 0.1) is 25.2 Å². The number of nitrogens with zero attached hydrogens (tertiary/aromatic N) is 2. The average molecular weight is 345 g/mol. The second-order valence-electron chi connectivity index (χ2n) is 5.50. The van der Waals surface area contributed by atoms with Crippen molar-refractivity contribution < 1.29 is 23.8 Å². The van der Waals surface area contributed by atoms with Crippen molar-refractivity contribution in [1.82, 2.24) is 14.9 Å². The fourth-order valence-corrected chi connectivity index (χ4v) is 2.49. The van der Waals surface area contributed by atoms with Crippen molar-refractivity contribution in [2.45, 2.75) is 19.4 Å². The van der Waals surface area contributed by atoms with Crippen LogP contribution in [0.4, 0.5) is 0 Å². The third-order valence-corrected chi connectivity index (χ3v) is 3.82. The van der Waals surface area contributed by atoms with Gasteiger partial charge in [-0.25, -0.2) is 14.6 Å². The zero-order valence-electron chi connectivity index (χ0n) is 13.8. The van der Waals surface area contributed by atoms with Crippen LogP contribution in [-0.2, 0) is 19.0 Å². The van der Waals surface area contributed by atoms with Gasteiger partial charge in [0.1, 0.15) is 5.69 Å². The first-order valence-corrected chi connectivity index (χ1v) is 7.93. The molecule has 1 N–H and O–H groups in total. The summed E-state index contributed by atoms with van der Waals surface area (Å²) in [6.07, 6.45) is 2.19. The summed E-state index contributed by atoms with van der Waals surface area (Å²) in [5.41, 5.74) is 1.29. The Labute approximate surface area is 144 Å². The van der Waals surface area contributed by atoms with Gasteiger partial charge in [0.2, 0.25) is 0 Å². The lowest BCUT2D eigenvalue weighted by Crippen LogP contribution is -2.31. The first-order chi connectivity index (χ1) is 12.1. The van der Waals surface area contributed by atoms with Crippen LogP contribution in [0.25, 0.3) is 0 Å². The fourth-order valence-electron chi connectivity index (χ4n) is 2.49. The van der Waals surface area contributed by atoms with Crippen molar-refractivity contribution >= 4 is 11.9 Å². The molecule has 1 aliphatic rings. The summed E-state index contributed by atoms with van der Waals surface area (Å²) in [6.45, 7) is 2.53. The predicted molar refractivity (Wildman–Crippen MR) is 86.6 cm³/mol. The molecule has 3 rings (SSSR count). The van der Waals surface area contributed by atoms with Crippen LogP contribution < -0.4 is 5.32 Å². The SMILES string of the molecule is C[C@H](c1ccccc1)n1cncc1C(=O)OCC(=O)OC1NCCO1. The Bertz CT molecular complexity index is 725. The van der Waals surface area contributed by atoms with Crippen molar-refractivity contribution in [3.63, 3.8) is 0 Å². The van der Waals surface area contributed by atoms with E-state index in [-0.39, 0.29) is 11.7 Å². The molecule has 2 heterocycles. The van der Waals surface area contributed by atoms with E-state index in [1.165, 1.54) is 6.20 Å². The summed E-state index contributed by atoms with van der Waals surface area (Å²) in [7, 11) is 0. The maximum atomic E-state index is 12.3. The molecule has 8 nitrogen and oxygen atoms in total. The highest BCUT2D eigenvalue weighted by Crippen LogP contribution is 2.19.